The summed E-state index contributed by atoms with van der Waals surface area (Å²) in [5.41, 5.74) is 1.35. The Kier molecular flexibility index (Phi) is 5.83. The van der Waals surface area contributed by atoms with Crippen molar-refractivity contribution in [3.05, 3.63) is 61.1 Å². The molecule has 1 aromatic carbocycles. The van der Waals surface area contributed by atoms with Crippen LogP contribution in [0.25, 0.3) is 11.0 Å². The lowest BCUT2D eigenvalue weighted by Gasteiger charge is -2.32. The van der Waals surface area contributed by atoms with Gasteiger partial charge in [0.1, 0.15) is 5.82 Å². The number of nitrogens with zero attached hydrogens (tertiary/aromatic N) is 4. The van der Waals surface area contributed by atoms with E-state index in [9.17, 15) is 12.8 Å². The zero-order chi connectivity index (χ0) is 23.1. The van der Waals surface area contributed by atoms with E-state index in [1.165, 1.54) is 6.07 Å². The number of piperidine rings is 1. The highest BCUT2D eigenvalue weighted by molar-refractivity contribution is 7.91. The van der Waals surface area contributed by atoms with Gasteiger partial charge in [-0.05, 0) is 49.2 Å². The van der Waals surface area contributed by atoms with Crippen molar-refractivity contribution in [2.45, 2.75) is 55.4 Å². The first-order valence-electron chi connectivity index (χ1n) is 10.8. The molecule has 170 valence electrons. The van der Waals surface area contributed by atoms with Crippen LogP contribution in [0.3, 0.4) is 0 Å². The third-order valence-corrected chi connectivity index (χ3v) is 7.81. The van der Waals surface area contributed by atoms with Gasteiger partial charge in [0.15, 0.2) is 0 Å². The smallest absolute Gasteiger partial charge is 0.214 e. The van der Waals surface area contributed by atoms with Crippen molar-refractivity contribution >= 4 is 20.9 Å². The number of pyridine rings is 1. The van der Waals surface area contributed by atoms with E-state index in [4.69, 9.17) is 4.98 Å². The van der Waals surface area contributed by atoms with Gasteiger partial charge >= 0.3 is 0 Å². The van der Waals surface area contributed by atoms with Gasteiger partial charge in [0.2, 0.25) is 15.8 Å². The number of hydrogen-bond donors (Lipinski definition) is 0. The Labute approximate surface area is 188 Å². The number of fused-ring (bicyclic) bond motifs is 1. The topological polar surface area (TPSA) is 68.1 Å². The summed E-state index contributed by atoms with van der Waals surface area (Å²) in [4.78, 5) is 10.5. The Morgan fingerprint density at radius 2 is 1.84 bits per heavy atom. The summed E-state index contributed by atoms with van der Waals surface area (Å²) < 4.78 is 41.9. The molecule has 1 saturated heterocycles. The van der Waals surface area contributed by atoms with Gasteiger partial charge in [-0.15, -0.1) is 0 Å². The van der Waals surface area contributed by atoms with Crippen LogP contribution in [0.15, 0.2) is 59.1 Å². The lowest BCUT2D eigenvalue weighted by Crippen LogP contribution is -2.32. The van der Waals surface area contributed by atoms with E-state index in [0.29, 0.717) is 11.4 Å². The Hall–Kier alpha value is -2.74. The highest BCUT2D eigenvalue weighted by Crippen LogP contribution is 2.31. The minimum Gasteiger partial charge on any atom is -0.378 e. The van der Waals surface area contributed by atoms with Gasteiger partial charge < -0.3 is 9.47 Å². The average molecular weight is 457 g/mol. The first-order valence-corrected chi connectivity index (χ1v) is 12.3. The van der Waals surface area contributed by atoms with Gasteiger partial charge in [-0.3, -0.25) is 0 Å². The van der Waals surface area contributed by atoms with Crippen molar-refractivity contribution in [1.29, 1.82) is 0 Å². The molecule has 0 aliphatic carbocycles. The van der Waals surface area contributed by atoms with E-state index in [1.54, 1.807) is 12.1 Å². The van der Waals surface area contributed by atoms with Crippen LogP contribution in [0.1, 0.15) is 39.4 Å². The van der Waals surface area contributed by atoms with Crippen LogP contribution in [-0.2, 0) is 21.8 Å². The van der Waals surface area contributed by atoms with Gasteiger partial charge in [0.25, 0.3) is 0 Å². The van der Waals surface area contributed by atoms with E-state index in [-0.39, 0.29) is 15.2 Å². The van der Waals surface area contributed by atoms with Crippen LogP contribution in [-0.4, -0.2) is 40.9 Å². The Balaban J connectivity index is 1.74. The maximum Gasteiger partial charge on any atom is 0.214 e. The molecule has 0 unspecified atom stereocenters. The summed E-state index contributed by atoms with van der Waals surface area (Å²) in [6, 6.07) is 7.24. The Morgan fingerprint density at radius 3 is 2.47 bits per heavy atom. The molecule has 6 nitrogen and oxygen atoms in total. The maximum absolute atomic E-state index is 13.5. The molecule has 8 heteroatoms. The number of likely N-dealkylation sites (tertiary alicyclic amines) is 1. The summed E-state index contributed by atoms with van der Waals surface area (Å²) in [5.74, 6) is 0.630. The fourth-order valence-corrected chi connectivity index (χ4v) is 5.58. The fraction of sp³-hybridized carbons (Fsp3) is 0.417. The van der Waals surface area contributed by atoms with Crippen molar-refractivity contribution in [2.75, 3.05) is 13.1 Å². The van der Waals surface area contributed by atoms with E-state index in [2.05, 4.69) is 41.8 Å². The molecule has 3 heterocycles. The molecular formula is C24H29FN4O2S. The molecule has 1 fully saturated rings. The molecule has 3 aromatic rings. The molecule has 0 saturated carbocycles. The number of imidazole rings is 1. The normalized spacial score (nSPS) is 15.9. The van der Waals surface area contributed by atoms with E-state index >= 15 is 0 Å². The van der Waals surface area contributed by atoms with Crippen molar-refractivity contribution < 1.29 is 12.8 Å². The molecule has 0 N–H and O–H groups in total. The zero-order valence-electron chi connectivity index (χ0n) is 18.8. The second-order valence-corrected chi connectivity index (χ2v) is 11.4. The molecule has 0 atom stereocenters. The maximum atomic E-state index is 13.5. The van der Waals surface area contributed by atoms with Gasteiger partial charge in [0.05, 0.1) is 20.8 Å². The largest absolute Gasteiger partial charge is 0.378 e. The molecular weight excluding hydrogens is 427 g/mol. The molecule has 1 aliphatic heterocycles. The fourth-order valence-electron chi connectivity index (χ4n) is 4.30. The molecule has 32 heavy (non-hydrogen) atoms. The number of sulfone groups is 1. The number of aromatic nitrogens is 3. The predicted molar refractivity (Wildman–Crippen MR) is 123 cm³/mol. The molecule has 4 rings (SSSR count). The molecule has 1 aliphatic rings. The Morgan fingerprint density at radius 1 is 1.16 bits per heavy atom. The molecule has 0 bridgehead atoms. The van der Waals surface area contributed by atoms with Crippen LogP contribution in [0.4, 0.5) is 4.39 Å². The third-order valence-electron chi connectivity index (χ3n) is 6.06. The van der Waals surface area contributed by atoms with E-state index in [1.807, 2.05) is 12.3 Å². The first kappa shape index (κ1) is 22.5. The van der Waals surface area contributed by atoms with Crippen molar-refractivity contribution in [2.24, 2.45) is 5.92 Å². The van der Waals surface area contributed by atoms with Crippen LogP contribution in [0.2, 0.25) is 0 Å². The van der Waals surface area contributed by atoms with Crippen LogP contribution >= 0.6 is 0 Å². The Bertz CT molecular complexity index is 1250. The highest BCUT2D eigenvalue weighted by atomic mass is 32.2. The van der Waals surface area contributed by atoms with Crippen LogP contribution in [0, 0.1) is 11.9 Å². The van der Waals surface area contributed by atoms with Crippen LogP contribution < -0.4 is 0 Å². The minimum absolute atomic E-state index is 0.0972. The zero-order valence-corrected chi connectivity index (χ0v) is 19.6. The second kappa shape index (κ2) is 8.31. The lowest BCUT2D eigenvalue weighted by atomic mass is 9.93. The van der Waals surface area contributed by atoms with Crippen LogP contribution in [0.5, 0.6) is 0 Å². The average Bonchev–Trinajstić information content (AvgIpc) is 3.12. The van der Waals surface area contributed by atoms with E-state index < -0.39 is 15.8 Å². The summed E-state index contributed by atoms with van der Waals surface area (Å²) >= 11 is 0. The number of hydrogen-bond acceptors (Lipinski definition) is 5. The minimum atomic E-state index is -3.87. The highest BCUT2D eigenvalue weighted by Gasteiger charge is 2.27. The number of benzene rings is 1. The SMILES string of the molecule is C=CN1CCC(Cn2c(C(C)(C)C)nc3cc(S(=O)(=O)c4ccnc(F)c4)ccc32)CC1. The van der Waals surface area contributed by atoms with E-state index in [0.717, 1.165) is 56.1 Å². The lowest BCUT2D eigenvalue weighted by molar-refractivity contribution is 0.225. The first-order chi connectivity index (χ1) is 15.1. The summed E-state index contributed by atoms with van der Waals surface area (Å²) in [7, 11) is -3.87. The van der Waals surface area contributed by atoms with Gasteiger partial charge in [-0.2, -0.15) is 4.39 Å². The molecule has 0 radical (unpaired) electrons. The quantitative estimate of drug-likeness (QED) is 0.527. The van der Waals surface area contributed by atoms with Gasteiger partial charge in [-0.25, -0.2) is 18.4 Å². The number of rotatable bonds is 5. The standard InChI is InChI=1S/C24H29FN4O2S/c1-5-28-12-9-17(10-13-28)16-29-21-7-6-18(14-20(21)27-23(29)24(2,3)4)32(30,31)19-8-11-26-22(25)15-19/h5-8,11,14-15,17H,1,9-10,12-13,16H2,2-4H3. The molecule has 0 amide bonds. The van der Waals surface area contributed by atoms with Gasteiger partial charge in [0, 0.05) is 37.3 Å². The second-order valence-electron chi connectivity index (χ2n) is 9.43. The summed E-state index contributed by atoms with van der Waals surface area (Å²) in [6.45, 7) is 13.0. The van der Waals surface area contributed by atoms with Crippen molar-refractivity contribution in [3.8, 4) is 0 Å². The van der Waals surface area contributed by atoms with Crippen molar-refractivity contribution in [3.63, 3.8) is 0 Å². The predicted octanol–water partition coefficient (Wildman–Crippen LogP) is 4.56. The molecule has 2 aromatic heterocycles. The summed E-state index contributed by atoms with van der Waals surface area (Å²) in [6.07, 6.45) is 5.22. The molecule has 0 spiro atoms. The number of halogens is 1. The monoisotopic (exact) mass is 456 g/mol. The van der Waals surface area contributed by atoms with Gasteiger partial charge in [-0.1, -0.05) is 27.4 Å². The summed E-state index contributed by atoms with van der Waals surface area (Å²) in [5, 5.41) is 0. The van der Waals surface area contributed by atoms with Crippen molar-refractivity contribution in [1.82, 2.24) is 19.4 Å². The third kappa shape index (κ3) is 4.28.